The van der Waals surface area contributed by atoms with Crippen LogP contribution >= 0.6 is 0 Å². The van der Waals surface area contributed by atoms with Crippen molar-refractivity contribution in [2.75, 3.05) is 23.8 Å². The number of hydrogen-bond acceptors (Lipinski definition) is 6. The van der Waals surface area contributed by atoms with Crippen LogP contribution in [0, 0.1) is 11.3 Å². The predicted molar refractivity (Wildman–Crippen MR) is 116 cm³/mol. The summed E-state index contributed by atoms with van der Waals surface area (Å²) in [5.74, 6) is 0.545. The normalized spacial score (nSPS) is 10.6. The van der Waals surface area contributed by atoms with Gasteiger partial charge in [0.15, 0.2) is 6.61 Å². The Hall–Kier alpha value is -4.03. The average Bonchev–Trinajstić information content (AvgIpc) is 2.78. The first-order valence-electron chi connectivity index (χ1n) is 9.09. The van der Waals surface area contributed by atoms with Gasteiger partial charge in [-0.15, -0.1) is 0 Å². The molecule has 0 aliphatic rings. The zero-order valence-electron chi connectivity index (χ0n) is 16.5. The van der Waals surface area contributed by atoms with Crippen LogP contribution < -0.4 is 19.5 Å². The first-order chi connectivity index (χ1) is 14.9. The molecule has 3 aromatic rings. The summed E-state index contributed by atoms with van der Waals surface area (Å²) in [6, 6.07) is 20.7. The zero-order chi connectivity index (χ0) is 22.3. The first-order valence-corrected chi connectivity index (χ1v) is 10.6. The van der Waals surface area contributed by atoms with E-state index in [0.29, 0.717) is 28.4 Å². The third-order valence-electron chi connectivity index (χ3n) is 4.12. The van der Waals surface area contributed by atoms with E-state index in [1.165, 1.54) is 31.4 Å². The van der Waals surface area contributed by atoms with Crippen LogP contribution in [0.3, 0.4) is 0 Å². The number of methoxy groups -OCH3 is 1. The molecule has 0 aliphatic heterocycles. The number of nitrogens with zero attached hydrogens (tertiary/aromatic N) is 1. The van der Waals surface area contributed by atoms with Gasteiger partial charge in [-0.25, -0.2) is 8.42 Å². The summed E-state index contributed by atoms with van der Waals surface area (Å²) in [5, 5.41) is 11.5. The lowest BCUT2D eigenvalue weighted by Gasteiger charge is -2.10. The molecule has 31 heavy (non-hydrogen) atoms. The second-order valence-electron chi connectivity index (χ2n) is 6.33. The lowest BCUT2D eigenvalue weighted by Crippen LogP contribution is -2.20. The second kappa shape index (κ2) is 9.65. The predicted octanol–water partition coefficient (Wildman–Crippen LogP) is 3.39. The number of sulfonamides is 1. The summed E-state index contributed by atoms with van der Waals surface area (Å²) in [7, 11) is -2.25. The molecule has 8 nitrogen and oxygen atoms in total. The third-order valence-corrected chi connectivity index (χ3v) is 5.52. The molecular weight excluding hydrogens is 418 g/mol. The molecule has 158 valence electrons. The van der Waals surface area contributed by atoms with Gasteiger partial charge < -0.3 is 14.8 Å². The van der Waals surface area contributed by atoms with Crippen LogP contribution in [0.15, 0.2) is 77.7 Å². The molecule has 0 fully saturated rings. The van der Waals surface area contributed by atoms with Gasteiger partial charge in [0.05, 0.1) is 23.6 Å². The van der Waals surface area contributed by atoms with E-state index in [4.69, 9.17) is 14.7 Å². The van der Waals surface area contributed by atoms with Gasteiger partial charge >= 0.3 is 0 Å². The monoisotopic (exact) mass is 437 g/mol. The lowest BCUT2D eigenvalue weighted by atomic mass is 10.2. The molecule has 0 bridgehead atoms. The summed E-state index contributed by atoms with van der Waals surface area (Å²) in [6.45, 7) is -0.271. The lowest BCUT2D eigenvalue weighted by molar-refractivity contribution is -0.118. The second-order valence-corrected chi connectivity index (χ2v) is 8.02. The molecule has 0 saturated carbocycles. The topological polar surface area (TPSA) is 118 Å². The number of benzene rings is 3. The van der Waals surface area contributed by atoms with E-state index in [9.17, 15) is 13.2 Å². The number of amides is 1. The molecule has 0 saturated heterocycles. The van der Waals surface area contributed by atoms with Crippen LogP contribution in [0.25, 0.3) is 0 Å². The van der Waals surface area contributed by atoms with Crippen LogP contribution in [-0.4, -0.2) is 28.0 Å². The van der Waals surface area contributed by atoms with E-state index in [-0.39, 0.29) is 11.5 Å². The Bertz CT molecular complexity index is 1200. The Morgan fingerprint density at radius 2 is 1.65 bits per heavy atom. The Labute approximate surface area is 180 Å². The molecule has 0 atom stereocenters. The summed E-state index contributed by atoms with van der Waals surface area (Å²) in [6.07, 6.45) is 0. The fourth-order valence-electron chi connectivity index (χ4n) is 2.60. The van der Waals surface area contributed by atoms with Crippen LogP contribution in [0.2, 0.25) is 0 Å². The summed E-state index contributed by atoms with van der Waals surface area (Å²) < 4.78 is 38.0. The molecule has 0 radical (unpaired) electrons. The van der Waals surface area contributed by atoms with Crippen molar-refractivity contribution < 1.29 is 22.7 Å². The molecule has 3 aromatic carbocycles. The highest BCUT2D eigenvalue weighted by molar-refractivity contribution is 7.92. The van der Waals surface area contributed by atoms with Gasteiger partial charge in [0.25, 0.3) is 15.9 Å². The molecule has 0 unspecified atom stereocenters. The third kappa shape index (κ3) is 5.98. The van der Waals surface area contributed by atoms with E-state index < -0.39 is 15.9 Å². The Kier molecular flexibility index (Phi) is 6.74. The number of hydrogen-bond donors (Lipinski definition) is 2. The highest BCUT2D eigenvalue weighted by atomic mass is 32.2. The molecule has 2 N–H and O–H groups in total. The number of nitrogens with one attached hydrogen (secondary N) is 2. The number of carbonyl (C=O) groups is 1. The summed E-state index contributed by atoms with van der Waals surface area (Å²) in [4.78, 5) is 12.1. The highest BCUT2D eigenvalue weighted by Crippen LogP contribution is 2.21. The van der Waals surface area contributed by atoms with Gasteiger partial charge in [-0.3, -0.25) is 9.52 Å². The van der Waals surface area contributed by atoms with Crippen molar-refractivity contribution >= 4 is 27.3 Å². The summed E-state index contributed by atoms with van der Waals surface area (Å²) >= 11 is 0. The molecule has 3 rings (SSSR count). The van der Waals surface area contributed by atoms with Crippen LogP contribution in [0.5, 0.6) is 11.5 Å². The highest BCUT2D eigenvalue weighted by Gasteiger charge is 2.14. The van der Waals surface area contributed by atoms with Gasteiger partial charge in [-0.2, -0.15) is 5.26 Å². The largest absolute Gasteiger partial charge is 0.497 e. The van der Waals surface area contributed by atoms with Gasteiger partial charge in [-0.05, 0) is 66.7 Å². The summed E-state index contributed by atoms with van der Waals surface area (Å²) in [5.41, 5.74) is 1.32. The van der Waals surface area contributed by atoms with Crippen LogP contribution in [-0.2, 0) is 14.8 Å². The van der Waals surface area contributed by atoms with Crippen molar-refractivity contribution in [3.05, 3.63) is 78.4 Å². The number of rotatable bonds is 8. The molecule has 0 heterocycles. The molecule has 9 heteroatoms. The van der Waals surface area contributed by atoms with Crippen LogP contribution in [0.1, 0.15) is 5.56 Å². The molecule has 1 amide bonds. The van der Waals surface area contributed by atoms with Gasteiger partial charge in [0.1, 0.15) is 11.5 Å². The van der Waals surface area contributed by atoms with E-state index in [1.54, 1.807) is 48.5 Å². The van der Waals surface area contributed by atoms with Crippen molar-refractivity contribution in [3.8, 4) is 17.6 Å². The van der Waals surface area contributed by atoms with Crippen molar-refractivity contribution in [2.45, 2.75) is 4.90 Å². The maximum absolute atomic E-state index is 12.5. The SMILES string of the molecule is COc1ccc(NS(=O)(=O)c2ccc(OCC(=O)Nc3cccc(C#N)c3)cc2)cc1. The minimum Gasteiger partial charge on any atom is -0.497 e. The fourth-order valence-corrected chi connectivity index (χ4v) is 3.66. The molecule has 0 aliphatic carbocycles. The Morgan fingerprint density at radius 3 is 2.29 bits per heavy atom. The number of anilines is 2. The van der Waals surface area contributed by atoms with E-state index in [0.717, 1.165) is 0 Å². The van der Waals surface area contributed by atoms with E-state index in [2.05, 4.69) is 10.0 Å². The van der Waals surface area contributed by atoms with Gasteiger partial charge in [-0.1, -0.05) is 6.07 Å². The van der Waals surface area contributed by atoms with Crippen molar-refractivity contribution in [1.29, 1.82) is 5.26 Å². The molecule has 0 aromatic heterocycles. The smallest absolute Gasteiger partial charge is 0.262 e. The van der Waals surface area contributed by atoms with Crippen LogP contribution in [0.4, 0.5) is 11.4 Å². The number of ether oxygens (including phenoxy) is 2. The molecule has 0 spiro atoms. The van der Waals surface area contributed by atoms with E-state index in [1.807, 2.05) is 6.07 Å². The minimum atomic E-state index is -3.78. The minimum absolute atomic E-state index is 0.0495. The van der Waals surface area contributed by atoms with Gasteiger partial charge in [0, 0.05) is 11.4 Å². The maximum Gasteiger partial charge on any atom is 0.262 e. The van der Waals surface area contributed by atoms with Gasteiger partial charge in [0.2, 0.25) is 0 Å². The fraction of sp³-hybridized carbons (Fsp3) is 0.0909. The average molecular weight is 437 g/mol. The maximum atomic E-state index is 12.5. The van der Waals surface area contributed by atoms with E-state index >= 15 is 0 Å². The quantitative estimate of drug-likeness (QED) is 0.558. The first kappa shape index (κ1) is 21.7. The number of carbonyl (C=O) groups excluding carboxylic acids is 1. The number of nitriles is 1. The molecular formula is C22H19N3O5S. The van der Waals surface area contributed by atoms with Crippen molar-refractivity contribution in [3.63, 3.8) is 0 Å². The van der Waals surface area contributed by atoms with Crippen molar-refractivity contribution in [1.82, 2.24) is 0 Å². The zero-order valence-corrected chi connectivity index (χ0v) is 17.3. The Balaban J connectivity index is 1.57. The Morgan fingerprint density at radius 1 is 0.968 bits per heavy atom. The van der Waals surface area contributed by atoms with Crippen molar-refractivity contribution in [2.24, 2.45) is 0 Å². The standard InChI is InChI=1S/C22H19N3O5S/c1-29-19-7-5-17(6-8-19)25-31(27,28)21-11-9-20(10-12-21)30-15-22(26)24-18-4-2-3-16(13-18)14-23/h2-13,25H,15H2,1H3,(H,24,26).